The molecule has 0 unspecified atom stereocenters. The van der Waals surface area contributed by atoms with Gasteiger partial charge in [0.1, 0.15) is 22.3 Å². The molecule has 7 nitrogen and oxygen atoms in total. The molecule has 180 valence electrons. The summed E-state index contributed by atoms with van der Waals surface area (Å²) in [5.74, 6) is -0.179. The second-order valence-electron chi connectivity index (χ2n) is 8.22. The van der Waals surface area contributed by atoms with E-state index in [0.717, 1.165) is 5.82 Å². The third-order valence-electron chi connectivity index (χ3n) is 6.04. The number of aromatic nitrogens is 3. The van der Waals surface area contributed by atoms with Crippen LogP contribution in [0.1, 0.15) is 21.6 Å². The zero-order valence-corrected chi connectivity index (χ0v) is 20.5. The van der Waals surface area contributed by atoms with Gasteiger partial charge in [0.2, 0.25) is 0 Å². The van der Waals surface area contributed by atoms with E-state index >= 15 is 0 Å². The molecule has 1 amide bonds. The fourth-order valence-electron chi connectivity index (χ4n) is 4.24. The molecule has 0 saturated carbocycles. The van der Waals surface area contributed by atoms with Crippen molar-refractivity contribution in [2.24, 2.45) is 0 Å². The van der Waals surface area contributed by atoms with Crippen molar-refractivity contribution >= 4 is 52.0 Å². The number of carbonyl (C=O) groups excluding carboxylic acids is 1. The lowest BCUT2D eigenvalue weighted by Crippen LogP contribution is -2.49. The number of fused-ring (bicyclic) bond motifs is 1. The first-order valence-corrected chi connectivity index (χ1v) is 12.0. The third-order valence-corrected chi connectivity index (χ3v) is 7.02. The van der Waals surface area contributed by atoms with Crippen molar-refractivity contribution in [1.29, 1.82) is 0 Å². The van der Waals surface area contributed by atoms with Crippen LogP contribution in [0.5, 0.6) is 0 Å². The van der Waals surface area contributed by atoms with E-state index in [1.54, 1.807) is 33.7 Å². The van der Waals surface area contributed by atoms with E-state index in [4.69, 9.17) is 34.8 Å². The van der Waals surface area contributed by atoms with Crippen LogP contribution in [0.25, 0.3) is 5.52 Å². The van der Waals surface area contributed by atoms with Gasteiger partial charge in [-0.15, -0.1) is 0 Å². The highest BCUT2D eigenvalue weighted by Crippen LogP contribution is 2.27. The van der Waals surface area contributed by atoms with Gasteiger partial charge in [-0.25, -0.2) is 9.37 Å². The smallest absolute Gasteiger partial charge is 0.272 e. The van der Waals surface area contributed by atoms with Gasteiger partial charge in [0, 0.05) is 50.7 Å². The molecule has 0 spiro atoms. The average Bonchev–Trinajstić information content (AvgIpc) is 3.17. The summed E-state index contributed by atoms with van der Waals surface area (Å²) in [5, 5.41) is 1.03. The predicted octanol–water partition coefficient (Wildman–Crippen LogP) is 4.68. The summed E-state index contributed by atoms with van der Waals surface area (Å²) in [6, 6.07) is 9.52. The van der Waals surface area contributed by atoms with Crippen molar-refractivity contribution in [3.05, 3.63) is 97.0 Å². The molecule has 1 saturated heterocycles. The zero-order valence-electron chi connectivity index (χ0n) is 18.3. The van der Waals surface area contributed by atoms with Crippen LogP contribution in [0.15, 0.2) is 53.6 Å². The number of nitrogens with zero attached hydrogens (tertiary/aromatic N) is 4. The van der Waals surface area contributed by atoms with Crippen molar-refractivity contribution in [3.8, 4) is 0 Å². The summed E-state index contributed by atoms with van der Waals surface area (Å²) in [7, 11) is 0. The van der Waals surface area contributed by atoms with Gasteiger partial charge in [-0.3, -0.25) is 14.0 Å². The summed E-state index contributed by atoms with van der Waals surface area (Å²) in [6.45, 7) is 2.02. The fourth-order valence-corrected chi connectivity index (χ4v) is 4.80. The maximum atomic E-state index is 14.7. The topological polar surface area (TPSA) is 73.7 Å². The number of halogens is 4. The molecule has 1 aromatic carbocycles. The van der Waals surface area contributed by atoms with E-state index in [1.165, 1.54) is 18.3 Å². The van der Waals surface area contributed by atoms with Crippen LogP contribution in [0.2, 0.25) is 15.2 Å². The standard InChI is InChI=1S/C24H19Cl3FN5O2/c25-15-2-4-21(29-12-15)31-5-7-32(8-6-31)24(35)17-10-14(1-3-19(17)28)9-16-13-30-23(34)20-11-18(26)22(27)33(16)20/h1-4,10-13H,5-9H2,(H,30,34). The second-order valence-corrected chi connectivity index (χ2v) is 9.42. The summed E-state index contributed by atoms with van der Waals surface area (Å²) >= 11 is 18.3. The summed E-state index contributed by atoms with van der Waals surface area (Å²) in [4.78, 5) is 36.0. The number of benzene rings is 1. The van der Waals surface area contributed by atoms with Crippen LogP contribution in [0.4, 0.5) is 10.2 Å². The summed E-state index contributed by atoms with van der Waals surface area (Å²) < 4.78 is 16.2. The van der Waals surface area contributed by atoms with Crippen LogP contribution in [0.3, 0.4) is 0 Å². The Morgan fingerprint density at radius 1 is 1.06 bits per heavy atom. The lowest BCUT2D eigenvalue weighted by atomic mass is 10.0. The molecule has 5 rings (SSSR count). The number of carbonyl (C=O) groups is 1. The number of H-pyrrole nitrogens is 1. The monoisotopic (exact) mass is 533 g/mol. The number of amides is 1. The molecule has 4 aromatic rings. The number of pyridine rings is 1. The van der Waals surface area contributed by atoms with Gasteiger partial charge in [-0.1, -0.05) is 40.9 Å². The third kappa shape index (κ3) is 4.61. The molecule has 1 aliphatic rings. The lowest BCUT2D eigenvalue weighted by Gasteiger charge is -2.35. The van der Waals surface area contributed by atoms with Crippen molar-refractivity contribution < 1.29 is 9.18 Å². The highest BCUT2D eigenvalue weighted by Gasteiger charge is 2.25. The van der Waals surface area contributed by atoms with Crippen LogP contribution in [0, 0.1) is 5.82 Å². The number of piperazine rings is 1. The maximum absolute atomic E-state index is 14.7. The van der Waals surface area contributed by atoms with E-state index in [9.17, 15) is 14.0 Å². The van der Waals surface area contributed by atoms with Gasteiger partial charge in [0.25, 0.3) is 11.5 Å². The zero-order chi connectivity index (χ0) is 24.7. The molecule has 1 fully saturated rings. The average molecular weight is 535 g/mol. The van der Waals surface area contributed by atoms with E-state index in [0.29, 0.717) is 54.4 Å². The van der Waals surface area contributed by atoms with Gasteiger partial charge < -0.3 is 14.8 Å². The van der Waals surface area contributed by atoms with Crippen LogP contribution < -0.4 is 10.5 Å². The van der Waals surface area contributed by atoms with Crippen LogP contribution in [-0.2, 0) is 6.42 Å². The van der Waals surface area contributed by atoms with Crippen LogP contribution >= 0.6 is 34.8 Å². The summed E-state index contributed by atoms with van der Waals surface area (Å²) in [6.07, 6.45) is 3.42. The first-order chi connectivity index (χ1) is 16.8. The molecular weight excluding hydrogens is 516 g/mol. The molecule has 1 N–H and O–H groups in total. The van der Waals surface area contributed by atoms with E-state index in [-0.39, 0.29) is 27.2 Å². The van der Waals surface area contributed by atoms with E-state index < -0.39 is 5.82 Å². The van der Waals surface area contributed by atoms with Gasteiger partial charge in [-0.2, -0.15) is 0 Å². The molecule has 35 heavy (non-hydrogen) atoms. The summed E-state index contributed by atoms with van der Waals surface area (Å²) in [5.41, 5.74) is 1.31. The molecule has 3 aromatic heterocycles. The molecular formula is C24H19Cl3FN5O2. The Balaban J connectivity index is 1.35. The largest absolute Gasteiger partial charge is 0.353 e. The van der Waals surface area contributed by atoms with Crippen molar-refractivity contribution in [1.82, 2.24) is 19.3 Å². The van der Waals surface area contributed by atoms with Gasteiger partial charge >= 0.3 is 0 Å². The Kier molecular flexibility index (Phi) is 6.44. The first-order valence-electron chi connectivity index (χ1n) is 10.8. The molecule has 0 bridgehead atoms. The van der Waals surface area contributed by atoms with Crippen molar-refractivity contribution in [2.45, 2.75) is 6.42 Å². The van der Waals surface area contributed by atoms with Crippen LogP contribution in [-0.4, -0.2) is 51.4 Å². The molecule has 0 atom stereocenters. The predicted molar refractivity (Wildman–Crippen MR) is 135 cm³/mol. The van der Waals surface area contributed by atoms with E-state index in [1.807, 2.05) is 6.07 Å². The Labute approximate surface area is 214 Å². The van der Waals surface area contributed by atoms with Gasteiger partial charge in [-0.05, 0) is 35.9 Å². The molecule has 4 heterocycles. The quantitative estimate of drug-likeness (QED) is 0.413. The minimum atomic E-state index is -0.589. The van der Waals surface area contributed by atoms with Crippen molar-refractivity contribution in [2.75, 3.05) is 31.1 Å². The molecule has 0 aliphatic carbocycles. The number of nitrogens with one attached hydrogen (secondary N) is 1. The second kappa shape index (κ2) is 9.53. The Hall–Kier alpha value is -3.07. The van der Waals surface area contributed by atoms with Gasteiger partial charge in [0.05, 0.1) is 15.6 Å². The number of aromatic amines is 1. The Bertz CT molecular complexity index is 1480. The lowest BCUT2D eigenvalue weighted by molar-refractivity contribution is 0.0741. The Morgan fingerprint density at radius 2 is 1.83 bits per heavy atom. The van der Waals surface area contributed by atoms with Crippen molar-refractivity contribution in [3.63, 3.8) is 0 Å². The number of hydrogen-bond donors (Lipinski definition) is 1. The number of hydrogen-bond acceptors (Lipinski definition) is 4. The number of anilines is 1. The Morgan fingerprint density at radius 3 is 2.54 bits per heavy atom. The number of rotatable bonds is 4. The first kappa shape index (κ1) is 23.7. The van der Waals surface area contributed by atoms with E-state index in [2.05, 4.69) is 14.9 Å². The molecule has 11 heteroatoms. The fraction of sp³-hybridized carbons (Fsp3) is 0.208. The normalized spacial score (nSPS) is 14.1. The minimum Gasteiger partial charge on any atom is -0.353 e. The maximum Gasteiger partial charge on any atom is 0.272 e. The SMILES string of the molecule is O=C(c1cc(Cc2c[nH]c(=O)c3cc(Cl)c(Cl)n23)ccc1F)N1CCN(c2ccc(Cl)cn2)CC1. The molecule has 1 aliphatic heterocycles. The highest BCUT2D eigenvalue weighted by atomic mass is 35.5. The highest BCUT2D eigenvalue weighted by molar-refractivity contribution is 6.42. The molecule has 0 radical (unpaired) electrons. The minimum absolute atomic E-state index is 0.00197. The van der Waals surface area contributed by atoms with Gasteiger partial charge in [0.15, 0.2) is 0 Å².